The van der Waals surface area contributed by atoms with E-state index in [0.29, 0.717) is 11.6 Å². The number of carbonyl (C=O) groups excluding carboxylic acids is 1. The average Bonchev–Trinajstić information content (AvgIpc) is 2.78. The lowest BCUT2D eigenvalue weighted by molar-refractivity contribution is 0.0742. The van der Waals surface area contributed by atoms with E-state index in [0.717, 1.165) is 24.1 Å². The van der Waals surface area contributed by atoms with Gasteiger partial charge in [-0.25, -0.2) is 0 Å². The zero-order chi connectivity index (χ0) is 13.1. The molecule has 0 spiro atoms. The molecule has 1 saturated heterocycles. The minimum absolute atomic E-state index is 0.0691. The SMILES string of the molecule is CN1CCC(CN(C)C(=O)c2cc(Br)c[nH]2)CC1. The van der Waals surface area contributed by atoms with Gasteiger partial charge < -0.3 is 14.8 Å². The highest BCUT2D eigenvalue weighted by Crippen LogP contribution is 2.18. The zero-order valence-electron chi connectivity index (χ0n) is 10.9. The van der Waals surface area contributed by atoms with Crippen LogP contribution in [0, 0.1) is 5.92 Å². The van der Waals surface area contributed by atoms with Crippen molar-refractivity contribution in [1.82, 2.24) is 14.8 Å². The Morgan fingerprint density at radius 1 is 1.56 bits per heavy atom. The molecule has 0 unspecified atom stereocenters. The predicted molar refractivity (Wildman–Crippen MR) is 75.7 cm³/mol. The van der Waals surface area contributed by atoms with E-state index < -0.39 is 0 Å². The van der Waals surface area contributed by atoms with Gasteiger partial charge in [0.05, 0.1) is 0 Å². The highest BCUT2D eigenvalue weighted by molar-refractivity contribution is 9.10. The van der Waals surface area contributed by atoms with Crippen LogP contribution in [0.25, 0.3) is 0 Å². The number of hydrogen-bond donors (Lipinski definition) is 1. The van der Waals surface area contributed by atoms with Crippen LogP contribution in [-0.4, -0.2) is 54.4 Å². The number of likely N-dealkylation sites (tertiary alicyclic amines) is 1. The summed E-state index contributed by atoms with van der Waals surface area (Å²) in [6.07, 6.45) is 4.15. The predicted octanol–water partition coefficient (Wildman–Crippen LogP) is 2.19. The molecule has 0 saturated carbocycles. The number of aromatic amines is 1. The maximum Gasteiger partial charge on any atom is 0.270 e. The average molecular weight is 314 g/mol. The summed E-state index contributed by atoms with van der Waals surface area (Å²) in [5, 5.41) is 0. The fourth-order valence-electron chi connectivity index (χ4n) is 2.41. The molecular formula is C13H20BrN3O. The molecule has 1 fully saturated rings. The van der Waals surface area contributed by atoms with E-state index in [1.165, 1.54) is 12.8 Å². The molecule has 0 aromatic carbocycles. The van der Waals surface area contributed by atoms with Crippen LogP contribution in [0.4, 0.5) is 0 Å². The number of rotatable bonds is 3. The van der Waals surface area contributed by atoms with Crippen LogP contribution in [-0.2, 0) is 0 Å². The van der Waals surface area contributed by atoms with Gasteiger partial charge in [-0.05, 0) is 60.9 Å². The third-order valence-electron chi connectivity index (χ3n) is 3.60. The van der Waals surface area contributed by atoms with E-state index in [2.05, 4.69) is 32.9 Å². The number of carbonyl (C=O) groups is 1. The summed E-state index contributed by atoms with van der Waals surface area (Å²) in [5.41, 5.74) is 0.650. The van der Waals surface area contributed by atoms with Crippen molar-refractivity contribution in [3.63, 3.8) is 0 Å². The number of H-pyrrole nitrogens is 1. The first-order chi connectivity index (χ1) is 8.56. The van der Waals surface area contributed by atoms with Gasteiger partial charge in [0.25, 0.3) is 5.91 Å². The van der Waals surface area contributed by atoms with Crippen molar-refractivity contribution in [2.24, 2.45) is 5.92 Å². The molecule has 4 nitrogen and oxygen atoms in total. The van der Waals surface area contributed by atoms with Gasteiger partial charge in [0.15, 0.2) is 0 Å². The Bertz CT molecular complexity index is 410. The van der Waals surface area contributed by atoms with E-state index in [-0.39, 0.29) is 5.91 Å². The Morgan fingerprint density at radius 3 is 2.78 bits per heavy atom. The summed E-state index contributed by atoms with van der Waals surface area (Å²) >= 11 is 3.35. The minimum Gasteiger partial charge on any atom is -0.356 e. The molecule has 1 N–H and O–H groups in total. The van der Waals surface area contributed by atoms with Gasteiger partial charge >= 0.3 is 0 Å². The number of piperidine rings is 1. The number of hydrogen-bond acceptors (Lipinski definition) is 2. The van der Waals surface area contributed by atoms with Crippen LogP contribution < -0.4 is 0 Å². The lowest BCUT2D eigenvalue weighted by atomic mass is 9.96. The third-order valence-corrected chi connectivity index (χ3v) is 4.05. The van der Waals surface area contributed by atoms with Crippen molar-refractivity contribution < 1.29 is 4.79 Å². The van der Waals surface area contributed by atoms with Crippen LogP contribution in [0.1, 0.15) is 23.3 Å². The first-order valence-electron chi connectivity index (χ1n) is 6.34. The monoisotopic (exact) mass is 313 g/mol. The van der Waals surface area contributed by atoms with Gasteiger partial charge in [0.2, 0.25) is 0 Å². The smallest absolute Gasteiger partial charge is 0.270 e. The molecule has 1 aliphatic heterocycles. The zero-order valence-corrected chi connectivity index (χ0v) is 12.5. The lowest BCUT2D eigenvalue weighted by Gasteiger charge is -2.31. The minimum atomic E-state index is 0.0691. The first kappa shape index (κ1) is 13.6. The molecular weight excluding hydrogens is 294 g/mol. The Labute approximate surface area is 116 Å². The molecule has 0 bridgehead atoms. The fraction of sp³-hybridized carbons (Fsp3) is 0.615. The molecule has 2 rings (SSSR count). The highest BCUT2D eigenvalue weighted by atomic mass is 79.9. The highest BCUT2D eigenvalue weighted by Gasteiger charge is 2.21. The van der Waals surface area contributed by atoms with E-state index in [1.807, 2.05) is 18.0 Å². The number of nitrogens with zero attached hydrogens (tertiary/aromatic N) is 2. The molecule has 1 aromatic heterocycles. The molecule has 100 valence electrons. The van der Waals surface area contributed by atoms with Crippen LogP contribution >= 0.6 is 15.9 Å². The molecule has 0 atom stereocenters. The van der Waals surface area contributed by atoms with Crippen molar-refractivity contribution in [3.8, 4) is 0 Å². The summed E-state index contributed by atoms with van der Waals surface area (Å²) in [7, 11) is 4.04. The van der Waals surface area contributed by atoms with Gasteiger partial charge in [0, 0.05) is 24.3 Å². The van der Waals surface area contributed by atoms with E-state index in [4.69, 9.17) is 0 Å². The van der Waals surface area contributed by atoms with Gasteiger partial charge in [-0.15, -0.1) is 0 Å². The van der Waals surface area contributed by atoms with Gasteiger partial charge in [-0.1, -0.05) is 0 Å². The standard InChI is InChI=1S/C13H20BrN3O/c1-16-5-3-10(4-6-16)9-17(2)13(18)12-7-11(14)8-15-12/h7-8,10,15H,3-6,9H2,1-2H3. The Balaban J connectivity index is 1.88. The molecule has 1 aliphatic rings. The first-order valence-corrected chi connectivity index (χ1v) is 7.13. The number of halogens is 1. The Morgan fingerprint density at radius 2 is 2.22 bits per heavy atom. The van der Waals surface area contributed by atoms with Crippen LogP contribution in [0.5, 0.6) is 0 Å². The largest absolute Gasteiger partial charge is 0.356 e. The Hall–Kier alpha value is -0.810. The maximum absolute atomic E-state index is 12.2. The maximum atomic E-state index is 12.2. The van der Waals surface area contributed by atoms with Crippen LogP contribution in [0.3, 0.4) is 0 Å². The van der Waals surface area contributed by atoms with Gasteiger partial charge in [0.1, 0.15) is 5.69 Å². The van der Waals surface area contributed by atoms with Gasteiger partial charge in [-0.3, -0.25) is 4.79 Å². The molecule has 0 aliphatic carbocycles. The van der Waals surface area contributed by atoms with E-state index in [1.54, 1.807) is 6.20 Å². The summed E-state index contributed by atoms with van der Waals surface area (Å²) in [6.45, 7) is 3.13. The number of amides is 1. The molecule has 5 heteroatoms. The normalized spacial score (nSPS) is 17.9. The van der Waals surface area contributed by atoms with Crippen molar-refractivity contribution in [2.75, 3.05) is 33.7 Å². The summed E-state index contributed by atoms with van der Waals surface area (Å²) in [4.78, 5) is 19.3. The topological polar surface area (TPSA) is 39.3 Å². The third kappa shape index (κ3) is 3.36. The van der Waals surface area contributed by atoms with Crippen molar-refractivity contribution in [2.45, 2.75) is 12.8 Å². The van der Waals surface area contributed by atoms with E-state index in [9.17, 15) is 4.79 Å². The fourth-order valence-corrected chi connectivity index (χ4v) is 2.76. The molecule has 1 amide bonds. The molecule has 0 radical (unpaired) electrons. The van der Waals surface area contributed by atoms with Gasteiger partial charge in [-0.2, -0.15) is 0 Å². The number of nitrogens with one attached hydrogen (secondary N) is 1. The van der Waals surface area contributed by atoms with Crippen molar-refractivity contribution in [3.05, 3.63) is 22.4 Å². The second-order valence-corrected chi connectivity index (χ2v) is 6.08. The molecule has 18 heavy (non-hydrogen) atoms. The quantitative estimate of drug-likeness (QED) is 0.929. The summed E-state index contributed by atoms with van der Waals surface area (Å²) in [5.74, 6) is 0.702. The lowest BCUT2D eigenvalue weighted by Crippen LogP contribution is -2.38. The second kappa shape index (κ2) is 5.89. The molecule has 2 heterocycles. The van der Waals surface area contributed by atoms with E-state index >= 15 is 0 Å². The Kier molecular flexibility index (Phi) is 4.45. The summed E-state index contributed by atoms with van der Waals surface area (Å²) in [6, 6.07) is 1.83. The van der Waals surface area contributed by atoms with Crippen LogP contribution in [0.2, 0.25) is 0 Å². The molecule has 1 aromatic rings. The van der Waals surface area contributed by atoms with Crippen molar-refractivity contribution in [1.29, 1.82) is 0 Å². The second-order valence-electron chi connectivity index (χ2n) is 5.16. The number of aromatic nitrogens is 1. The summed E-state index contributed by atoms with van der Waals surface area (Å²) < 4.78 is 0.915. The van der Waals surface area contributed by atoms with Crippen LogP contribution in [0.15, 0.2) is 16.7 Å². The van der Waals surface area contributed by atoms with Crippen molar-refractivity contribution >= 4 is 21.8 Å².